The zero-order valence-electron chi connectivity index (χ0n) is 7.83. The summed E-state index contributed by atoms with van der Waals surface area (Å²) >= 11 is 0. The number of benzene rings is 1. The molecule has 66 valence electrons. The molecule has 0 saturated heterocycles. The maximum atomic E-state index is 7.17. The molecule has 0 N–H and O–H groups in total. The van der Waals surface area contributed by atoms with Crippen molar-refractivity contribution in [2.45, 2.75) is 18.9 Å². The largest absolute Gasteiger partial charge is 0.305 e. The van der Waals surface area contributed by atoms with E-state index >= 15 is 0 Å². The first-order valence-electron chi connectivity index (χ1n) is 4.28. The summed E-state index contributed by atoms with van der Waals surface area (Å²) in [4.78, 5) is 3.66. The summed E-state index contributed by atoms with van der Waals surface area (Å²) in [6.45, 7) is 12.8. The summed E-state index contributed by atoms with van der Waals surface area (Å²) in [5, 5.41) is 0. The van der Waals surface area contributed by atoms with Crippen molar-refractivity contribution in [3.63, 3.8) is 0 Å². The highest BCUT2D eigenvalue weighted by Gasteiger charge is 2.30. The Morgan fingerprint density at radius 2 is 2.08 bits per heavy atom. The van der Waals surface area contributed by atoms with E-state index in [2.05, 4.69) is 11.4 Å². The lowest BCUT2D eigenvalue weighted by atomic mass is 9.90. The van der Waals surface area contributed by atoms with Crippen molar-refractivity contribution in [2.75, 3.05) is 0 Å². The van der Waals surface area contributed by atoms with Gasteiger partial charge in [-0.1, -0.05) is 36.4 Å². The van der Waals surface area contributed by atoms with Crippen LogP contribution in [0.1, 0.15) is 18.9 Å². The molecule has 0 aliphatic rings. The molecule has 0 fully saturated rings. The van der Waals surface area contributed by atoms with E-state index in [9.17, 15) is 0 Å². The van der Waals surface area contributed by atoms with E-state index in [1.165, 1.54) is 0 Å². The van der Waals surface area contributed by atoms with Crippen molar-refractivity contribution >= 4 is 0 Å². The number of rotatable bonds is 3. The molecule has 1 aromatic carbocycles. The molecule has 0 radical (unpaired) electrons. The topological polar surface area (TPSA) is 4.36 Å². The average Bonchev–Trinajstić information content (AvgIpc) is 2.19. The molecular formula is C12H13N. The van der Waals surface area contributed by atoms with Gasteiger partial charge in [-0.2, -0.15) is 0 Å². The van der Waals surface area contributed by atoms with Gasteiger partial charge in [0.2, 0.25) is 0 Å². The Kier molecular flexibility index (Phi) is 2.87. The Morgan fingerprint density at radius 1 is 1.46 bits per heavy atom. The quantitative estimate of drug-likeness (QED) is 0.485. The maximum Gasteiger partial charge on any atom is 0.258 e. The summed E-state index contributed by atoms with van der Waals surface area (Å²) in [6.07, 6.45) is 2.49. The van der Waals surface area contributed by atoms with E-state index in [0.29, 0.717) is 6.42 Å². The third-order valence-electron chi connectivity index (χ3n) is 2.18. The number of hydrogen-bond acceptors (Lipinski definition) is 0. The molecule has 0 aliphatic carbocycles. The van der Waals surface area contributed by atoms with E-state index in [1.807, 2.05) is 37.3 Å². The van der Waals surface area contributed by atoms with Gasteiger partial charge in [0.1, 0.15) is 0 Å². The third kappa shape index (κ3) is 1.97. The van der Waals surface area contributed by atoms with Gasteiger partial charge in [0, 0.05) is 18.9 Å². The van der Waals surface area contributed by atoms with E-state index < -0.39 is 5.54 Å². The first kappa shape index (κ1) is 9.54. The normalized spacial score (nSPS) is 14.2. The minimum atomic E-state index is -0.441. The van der Waals surface area contributed by atoms with Gasteiger partial charge in [-0.3, -0.25) is 0 Å². The first-order valence-corrected chi connectivity index (χ1v) is 4.28. The monoisotopic (exact) mass is 171 g/mol. The standard InChI is InChI=1S/C12H13N/c1-4-10-12(2,13-3)11-8-6-5-7-9-11/h4-9H,1,10H2,2H3. The van der Waals surface area contributed by atoms with Gasteiger partial charge in [-0.15, -0.1) is 6.58 Å². The van der Waals surface area contributed by atoms with Crippen LogP contribution in [0.3, 0.4) is 0 Å². The van der Waals surface area contributed by atoms with Crippen LogP contribution < -0.4 is 0 Å². The molecule has 0 heterocycles. The van der Waals surface area contributed by atoms with Crippen LogP contribution in [0.25, 0.3) is 4.85 Å². The fraction of sp³-hybridized carbons (Fsp3) is 0.250. The molecule has 0 saturated carbocycles. The molecule has 0 amide bonds. The molecule has 0 aromatic heterocycles. The predicted octanol–water partition coefficient (Wildman–Crippen LogP) is 3.40. The fourth-order valence-electron chi connectivity index (χ4n) is 1.31. The van der Waals surface area contributed by atoms with Crippen LogP contribution in [-0.4, -0.2) is 0 Å². The van der Waals surface area contributed by atoms with Gasteiger partial charge in [0.05, 0.1) is 0 Å². The first-order chi connectivity index (χ1) is 6.23. The Hall–Kier alpha value is -1.55. The molecule has 1 unspecified atom stereocenters. The Morgan fingerprint density at radius 3 is 2.54 bits per heavy atom. The van der Waals surface area contributed by atoms with Crippen molar-refractivity contribution < 1.29 is 0 Å². The summed E-state index contributed by atoms with van der Waals surface area (Å²) in [7, 11) is 0. The van der Waals surface area contributed by atoms with Gasteiger partial charge in [-0.25, -0.2) is 6.57 Å². The molecule has 0 bridgehead atoms. The van der Waals surface area contributed by atoms with E-state index in [1.54, 1.807) is 6.08 Å². The van der Waals surface area contributed by atoms with Gasteiger partial charge < -0.3 is 4.85 Å². The highest BCUT2D eigenvalue weighted by molar-refractivity contribution is 5.27. The molecular weight excluding hydrogens is 158 g/mol. The molecule has 0 aliphatic heterocycles. The molecule has 1 atom stereocenters. The summed E-state index contributed by atoms with van der Waals surface area (Å²) < 4.78 is 0. The minimum absolute atomic E-state index is 0.441. The number of nitrogens with zero attached hydrogens (tertiary/aromatic N) is 1. The van der Waals surface area contributed by atoms with Crippen LogP contribution in [-0.2, 0) is 5.54 Å². The van der Waals surface area contributed by atoms with E-state index in [-0.39, 0.29) is 0 Å². The molecule has 1 heteroatoms. The van der Waals surface area contributed by atoms with Crippen molar-refractivity contribution in [3.05, 3.63) is 60.0 Å². The van der Waals surface area contributed by atoms with Gasteiger partial charge >= 0.3 is 0 Å². The zero-order valence-corrected chi connectivity index (χ0v) is 7.83. The van der Waals surface area contributed by atoms with Gasteiger partial charge in [0.25, 0.3) is 5.54 Å². The van der Waals surface area contributed by atoms with Crippen molar-refractivity contribution in [1.29, 1.82) is 0 Å². The minimum Gasteiger partial charge on any atom is -0.305 e. The van der Waals surface area contributed by atoms with Crippen LogP contribution in [0.2, 0.25) is 0 Å². The second-order valence-corrected chi connectivity index (χ2v) is 3.24. The molecule has 1 rings (SSSR count). The maximum absolute atomic E-state index is 7.17. The molecule has 1 nitrogen and oxygen atoms in total. The lowest BCUT2D eigenvalue weighted by Crippen LogP contribution is -2.15. The number of hydrogen-bond donors (Lipinski definition) is 0. The van der Waals surface area contributed by atoms with Gasteiger partial charge in [-0.05, 0) is 0 Å². The van der Waals surface area contributed by atoms with Crippen LogP contribution in [0.4, 0.5) is 0 Å². The highest BCUT2D eigenvalue weighted by Crippen LogP contribution is 2.29. The zero-order chi connectivity index (χ0) is 9.73. The van der Waals surface area contributed by atoms with Crippen molar-refractivity contribution in [1.82, 2.24) is 0 Å². The summed E-state index contributed by atoms with van der Waals surface area (Å²) in [5.74, 6) is 0. The second kappa shape index (κ2) is 3.91. The van der Waals surface area contributed by atoms with Crippen LogP contribution in [0.5, 0.6) is 0 Å². The average molecular weight is 171 g/mol. The van der Waals surface area contributed by atoms with Gasteiger partial charge in [0.15, 0.2) is 0 Å². The molecule has 0 spiro atoms. The highest BCUT2D eigenvalue weighted by atomic mass is 14.8. The van der Waals surface area contributed by atoms with Crippen molar-refractivity contribution in [3.8, 4) is 0 Å². The lowest BCUT2D eigenvalue weighted by molar-refractivity contribution is 0.600. The van der Waals surface area contributed by atoms with E-state index in [0.717, 1.165) is 5.56 Å². The third-order valence-corrected chi connectivity index (χ3v) is 2.18. The SMILES string of the molecule is [C-]#[N+]C(C)(CC=C)c1ccccc1. The van der Waals surface area contributed by atoms with Crippen molar-refractivity contribution in [2.24, 2.45) is 0 Å². The summed E-state index contributed by atoms with van der Waals surface area (Å²) in [6, 6.07) is 9.86. The molecule has 13 heavy (non-hydrogen) atoms. The van der Waals surface area contributed by atoms with Crippen LogP contribution >= 0.6 is 0 Å². The van der Waals surface area contributed by atoms with Crippen LogP contribution in [0.15, 0.2) is 43.0 Å². The predicted molar refractivity (Wildman–Crippen MR) is 55.2 cm³/mol. The van der Waals surface area contributed by atoms with Crippen LogP contribution in [0, 0.1) is 6.57 Å². The Labute approximate surface area is 79.5 Å². The fourth-order valence-corrected chi connectivity index (χ4v) is 1.31. The smallest absolute Gasteiger partial charge is 0.258 e. The lowest BCUT2D eigenvalue weighted by Gasteiger charge is -2.14. The Balaban J connectivity index is 3.04. The second-order valence-electron chi connectivity index (χ2n) is 3.24. The Bertz CT molecular complexity index is 321. The molecule has 1 aromatic rings. The summed E-state index contributed by atoms with van der Waals surface area (Å²) in [5.41, 5.74) is 0.619. The van der Waals surface area contributed by atoms with E-state index in [4.69, 9.17) is 6.57 Å².